The van der Waals surface area contributed by atoms with Gasteiger partial charge in [-0.2, -0.15) is 0 Å². The molecule has 1 atom stereocenters. The average molecular weight is 530 g/mol. The van der Waals surface area contributed by atoms with Crippen molar-refractivity contribution in [1.29, 1.82) is 0 Å². The van der Waals surface area contributed by atoms with E-state index in [-0.39, 0.29) is 24.8 Å². The first-order chi connectivity index (χ1) is 17.5. The van der Waals surface area contributed by atoms with E-state index in [0.29, 0.717) is 31.6 Å². The predicted molar refractivity (Wildman–Crippen MR) is 151 cm³/mol. The first-order valence-electron chi connectivity index (χ1n) is 13.2. The minimum absolute atomic E-state index is 0.140. The first-order valence-corrected chi connectivity index (χ1v) is 15.0. The lowest BCUT2D eigenvalue weighted by atomic mass is 10.1. The van der Waals surface area contributed by atoms with Gasteiger partial charge in [-0.15, -0.1) is 0 Å². The summed E-state index contributed by atoms with van der Waals surface area (Å²) < 4.78 is 26.6. The van der Waals surface area contributed by atoms with Crippen LogP contribution >= 0.6 is 0 Å². The van der Waals surface area contributed by atoms with Crippen LogP contribution in [0.2, 0.25) is 0 Å². The molecule has 0 saturated carbocycles. The Hall–Kier alpha value is -2.87. The smallest absolute Gasteiger partial charge is 0.242 e. The van der Waals surface area contributed by atoms with Crippen LogP contribution in [0.25, 0.3) is 0 Å². The van der Waals surface area contributed by atoms with Crippen LogP contribution in [-0.2, 0) is 26.2 Å². The van der Waals surface area contributed by atoms with Gasteiger partial charge in [0, 0.05) is 26.1 Å². The summed E-state index contributed by atoms with van der Waals surface area (Å²) in [4.78, 5) is 28.2. The van der Waals surface area contributed by atoms with E-state index in [1.807, 2.05) is 64.1 Å². The summed E-state index contributed by atoms with van der Waals surface area (Å²) >= 11 is 0. The molecule has 8 heteroatoms. The fraction of sp³-hybridized carbons (Fsp3) is 0.517. The van der Waals surface area contributed by atoms with Gasteiger partial charge in [0.05, 0.1) is 11.9 Å². The van der Waals surface area contributed by atoms with Gasteiger partial charge in [-0.25, -0.2) is 8.42 Å². The number of rotatable bonds is 14. The SMILES string of the molecule is CCCCNC(=O)[C@@H](CC)N(Cc1ccc(C)cc1)C(=O)CCCN(c1cccc(C)c1C)S(C)(=O)=O. The van der Waals surface area contributed by atoms with Crippen molar-refractivity contribution in [1.82, 2.24) is 10.2 Å². The Morgan fingerprint density at radius 2 is 1.65 bits per heavy atom. The van der Waals surface area contributed by atoms with Crippen molar-refractivity contribution in [2.24, 2.45) is 0 Å². The topological polar surface area (TPSA) is 86.8 Å². The molecule has 0 aliphatic carbocycles. The highest BCUT2D eigenvalue weighted by atomic mass is 32.2. The van der Waals surface area contributed by atoms with Crippen molar-refractivity contribution in [2.45, 2.75) is 79.3 Å². The number of hydrogen-bond donors (Lipinski definition) is 1. The summed E-state index contributed by atoms with van der Waals surface area (Å²) in [5, 5.41) is 2.97. The van der Waals surface area contributed by atoms with E-state index < -0.39 is 16.1 Å². The quantitative estimate of drug-likeness (QED) is 0.353. The number of anilines is 1. The van der Waals surface area contributed by atoms with Crippen molar-refractivity contribution in [3.8, 4) is 0 Å². The maximum Gasteiger partial charge on any atom is 0.242 e. The molecule has 0 radical (unpaired) electrons. The molecule has 2 aromatic rings. The van der Waals surface area contributed by atoms with Crippen LogP contribution in [0.3, 0.4) is 0 Å². The Labute approximate surface area is 223 Å². The molecule has 0 saturated heterocycles. The molecule has 2 amide bonds. The lowest BCUT2D eigenvalue weighted by Gasteiger charge is -2.31. The first kappa shape index (κ1) is 30.4. The molecule has 0 bridgehead atoms. The van der Waals surface area contributed by atoms with Gasteiger partial charge in [-0.3, -0.25) is 13.9 Å². The number of carbonyl (C=O) groups is 2. The molecule has 37 heavy (non-hydrogen) atoms. The minimum Gasteiger partial charge on any atom is -0.354 e. The van der Waals surface area contributed by atoms with Crippen LogP contribution in [0.15, 0.2) is 42.5 Å². The molecule has 7 nitrogen and oxygen atoms in total. The largest absolute Gasteiger partial charge is 0.354 e. The average Bonchev–Trinajstić information content (AvgIpc) is 2.84. The van der Waals surface area contributed by atoms with Gasteiger partial charge in [0.15, 0.2) is 0 Å². The molecule has 0 spiro atoms. The van der Waals surface area contributed by atoms with E-state index in [4.69, 9.17) is 0 Å². The highest BCUT2D eigenvalue weighted by Gasteiger charge is 2.29. The van der Waals surface area contributed by atoms with Gasteiger partial charge < -0.3 is 10.2 Å². The third kappa shape index (κ3) is 8.88. The van der Waals surface area contributed by atoms with Crippen LogP contribution < -0.4 is 9.62 Å². The van der Waals surface area contributed by atoms with Crippen LogP contribution in [0.1, 0.15) is 68.2 Å². The number of amides is 2. The van der Waals surface area contributed by atoms with E-state index in [2.05, 4.69) is 12.2 Å². The maximum absolute atomic E-state index is 13.5. The fourth-order valence-corrected chi connectivity index (χ4v) is 5.32. The normalized spacial score (nSPS) is 12.2. The molecule has 0 heterocycles. The van der Waals surface area contributed by atoms with Crippen molar-refractivity contribution in [3.05, 3.63) is 64.7 Å². The lowest BCUT2D eigenvalue weighted by molar-refractivity contribution is -0.141. The number of benzene rings is 2. The number of nitrogens with one attached hydrogen (secondary N) is 1. The van der Waals surface area contributed by atoms with Gasteiger partial charge in [0.25, 0.3) is 0 Å². The molecule has 2 aromatic carbocycles. The zero-order chi connectivity index (χ0) is 27.6. The number of unbranched alkanes of at least 4 members (excludes halogenated alkanes) is 1. The molecule has 0 aliphatic rings. The summed E-state index contributed by atoms with van der Waals surface area (Å²) in [6, 6.07) is 12.9. The zero-order valence-electron chi connectivity index (χ0n) is 23.2. The predicted octanol–water partition coefficient (Wildman–Crippen LogP) is 4.88. The van der Waals surface area contributed by atoms with E-state index in [1.54, 1.807) is 11.0 Å². The van der Waals surface area contributed by atoms with Crippen LogP contribution in [-0.4, -0.2) is 50.5 Å². The Morgan fingerprint density at radius 1 is 0.973 bits per heavy atom. The highest BCUT2D eigenvalue weighted by molar-refractivity contribution is 7.92. The molecule has 0 unspecified atom stereocenters. The zero-order valence-corrected chi connectivity index (χ0v) is 24.0. The van der Waals surface area contributed by atoms with Crippen LogP contribution in [0.5, 0.6) is 0 Å². The molecular weight excluding hydrogens is 486 g/mol. The molecule has 2 rings (SSSR count). The summed E-state index contributed by atoms with van der Waals surface area (Å²) in [5.41, 5.74) is 4.61. The van der Waals surface area contributed by atoms with Crippen LogP contribution in [0, 0.1) is 20.8 Å². The van der Waals surface area contributed by atoms with Gasteiger partial charge in [-0.1, -0.05) is 62.2 Å². The van der Waals surface area contributed by atoms with Gasteiger partial charge >= 0.3 is 0 Å². The molecular formula is C29H43N3O4S. The standard InChI is InChI=1S/C29H43N3O4S/c1-7-9-19-30-29(34)26(8-2)31(21-25-17-15-22(3)16-18-25)28(33)14-11-20-32(37(6,35)36)27-13-10-12-23(4)24(27)5/h10,12-13,15-18,26H,7-9,11,14,19-21H2,1-6H3,(H,30,34)/t26-/m1/s1. The summed E-state index contributed by atoms with van der Waals surface area (Å²) in [6.07, 6.45) is 4.02. The monoisotopic (exact) mass is 529 g/mol. The number of nitrogens with zero attached hydrogens (tertiary/aromatic N) is 2. The second-order valence-corrected chi connectivity index (χ2v) is 11.6. The van der Waals surface area contributed by atoms with Crippen molar-refractivity contribution in [2.75, 3.05) is 23.7 Å². The number of carbonyl (C=O) groups excluding carboxylic acids is 2. The van der Waals surface area contributed by atoms with Crippen molar-refractivity contribution < 1.29 is 18.0 Å². The Bertz CT molecular complexity index is 1150. The second kappa shape index (κ2) is 14.2. The number of aryl methyl sites for hydroxylation is 2. The van der Waals surface area contributed by atoms with E-state index in [1.165, 1.54) is 10.6 Å². The van der Waals surface area contributed by atoms with Gasteiger partial charge in [-0.05, 0) is 62.8 Å². The summed E-state index contributed by atoms with van der Waals surface area (Å²) in [5.74, 6) is -0.308. The van der Waals surface area contributed by atoms with Crippen molar-refractivity contribution >= 4 is 27.5 Å². The lowest BCUT2D eigenvalue weighted by Crippen LogP contribution is -2.49. The van der Waals surface area contributed by atoms with Crippen LogP contribution in [0.4, 0.5) is 5.69 Å². The fourth-order valence-electron chi connectivity index (χ4n) is 4.30. The number of sulfonamides is 1. The molecule has 0 fully saturated rings. The van der Waals surface area contributed by atoms with E-state index >= 15 is 0 Å². The molecule has 0 aromatic heterocycles. The van der Waals surface area contributed by atoms with Crippen molar-refractivity contribution in [3.63, 3.8) is 0 Å². The molecule has 204 valence electrons. The second-order valence-electron chi connectivity index (χ2n) is 9.73. The molecule has 0 aliphatic heterocycles. The highest BCUT2D eigenvalue weighted by Crippen LogP contribution is 2.25. The third-order valence-corrected chi connectivity index (χ3v) is 7.87. The minimum atomic E-state index is -3.53. The van der Waals surface area contributed by atoms with E-state index in [0.717, 1.165) is 35.1 Å². The van der Waals surface area contributed by atoms with Gasteiger partial charge in [0.2, 0.25) is 21.8 Å². The Morgan fingerprint density at radius 3 is 2.24 bits per heavy atom. The Kier molecular flexibility index (Phi) is 11.6. The van der Waals surface area contributed by atoms with Gasteiger partial charge in [0.1, 0.15) is 6.04 Å². The Balaban J connectivity index is 2.22. The number of hydrogen-bond acceptors (Lipinski definition) is 4. The maximum atomic E-state index is 13.5. The molecule has 1 N–H and O–H groups in total. The van der Waals surface area contributed by atoms with E-state index in [9.17, 15) is 18.0 Å². The third-order valence-electron chi connectivity index (χ3n) is 6.69. The summed E-state index contributed by atoms with van der Waals surface area (Å²) in [6.45, 7) is 10.9. The summed E-state index contributed by atoms with van der Waals surface area (Å²) in [7, 11) is -3.53.